The number of ether oxygens (including phenoxy) is 1. The van der Waals surface area contributed by atoms with Crippen LogP contribution in [0, 0.1) is 0 Å². The highest BCUT2D eigenvalue weighted by atomic mass is 35.5. The van der Waals surface area contributed by atoms with Gasteiger partial charge in [-0.15, -0.1) is 10.2 Å². The molecule has 1 N–H and O–H groups in total. The number of amides is 1. The minimum absolute atomic E-state index is 0.0832. The molecule has 1 amide bonds. The molecule has 31 heavy (non-hydrogen) atoms. The van der Waals surface area contributed by atoms with Gasteiger partial charge in [0.1, 0.15) is 0 Å². The Morgan fingerprint density at radius 2 is 1.77 bits per heavy atom. The van der Waals surface area contributed by atoms with E-state index in [0.717, 1.165) is 49.1 Å². The summed E-state index contributed by atoms with van der Waals surface area (Å²) in [5.74, 6) is 0.644. The number of morpholine rings is 1. The molecule has 0 saturated carbocycles. The summed E-state index contributed by atoms with van der Waals surface area (Å²) in [6.45, 7) is 5.12. The van der Waals surface area contributed by atoms with Crippen molar-refractivity contribution in [1.29, 1.82) is 0 Å². The molecule has 7 nitrogen and oxygen atoms in total. The third-order valence-corrected chi connectivity index (χ3v) is 6.49. The Kier molecular flexibility index (Phi) is 6.80. The molecule has 0 aliphatic carbocycles. The number of thioether (sulfide) groups is 1. The lowest BCUT2D eigenvalue weighted by atomic mass is 10.2. The number of rotatable bonds is 6. The first-order chi connectivity index (χ1) is 15.0. The number of benzene rings is 2. The van der Waals surface area contributed by atoms with Gasteiger partial charge in [-0.25, -0.2) is 0 Å². The maximum Gasteiger partial charge on any atom is 0.237 e. The Bertz CT molecular complexity index is 1030. The summed E-state index contributed by atoms with van der Waals surface area (Å²) < 4.78 is 7.28. The smallest absolute Gasteiger partial charge is 0.237 e. The van der Waals surface area contributed by atoms with Gasteiger partial charge in [0.15, 0.2) is 11.0 Å². The molecular weight excluding hydrogens is 434 g/mol. The number of halogens is 1. The van der Waals surface area contributed by atoms with Crippen molar-refractivity contribution in [3.05, 3.63) is 53.6 Å². The summed E-state index contributed by atoms with van der Waals surface area (Å²) >= 11 is 7.33. The second-order valence-electron chi connectivity index (χ2n) is 7.27. The van der Waals surface area contributed by atoms with Crippen LogP contribution in [0.2, 0.25) is 5.02 Å². The molecule has 1 fully saturated rings. The maximum atomic E-state index is 12.7. The fourth-order valence-corrected chi connectivity index (χ4v) is 4.24. The van der Waals surface area contributed by atoms with Gasteiger partial charge >= 0.3 is 0 Å². The van der Waals surface area contributed by atoms with Crippen LogP contribution in [0.25, 0.3) is 11.4 Å². The van der Waals surface area contributed by atoms with Crippen LogP contribution in [-0.4, -0.2) is 52.2 Å². The van der Waals surface area contributed by atoms with E-state index in [9.17, 15) is 4.79 Å². The number of nitrogens with zero attached hydrogens (tertiary/aromatic N) is 4. The molecule has 3 aromatic rings. The molecule has 2 aromatic carbocycles. The SMILES string of the molecule is CC(Sc1nnc(-c2ccc(Cl)cc2)n1C)C(=O)Nc1ccc(N2CCOCC2)cc1. The van der Waals surface area contributed by atoms with E-state index in [-0.39, 0.29) is 11.2 Å². The van der Waals surface area contributed by atoms with Crippen molar-refractivity contribution < 1.29 is 9.53 Å². The van der Waals surface area contributed by atoms with Gasteiger partial charge < -0.3 is 19.5 Å². The van der Waals surface area contributed by atoms with Crippen LogP contribution in [-0.2, 0) is 16.6 Å². The minimum atomic E-state index is -0.333. The van der Waals surface area contributed by atoms with Crippen molar-refractivity contribution in [2.45, 2.75) is 17.3 Å². The molecule has 4 rings (SSSR count). The van der Waals surface area contributed by atoms with Gasteiger partial charge in [-0.2, -0.15) is 0 Å². The van der Waals surface area contributed by atoms with Gasteiger partial charge in [-0.1, -0.05) is 23.4 Å². The first-order valence-corrected chi connectivity index (χ1v) is 11.3. The summed E-state index contributed by atoms with van der Waals surface area (Å²) in [6.07, 6.45) is 0. The van der Waals surface area contributed by atoms with Gasteiger partial charge in [0.2, 0.25) is 5.91 Å². The highest BCUT2D eigenvalue weighted by Gasteiger charge is 2.20. The quantitative estimate of drug-likeness (QED) is 0.562. The molecule has 0 bridgehead atoms. The molecular formula is C22H24ClN5O2S. The zero-order chi connectivity index (χ0) is 21.8. The Labute approximate surface area is 190 Å². The second kappa shape index (κ2) is 9.72. The van der Waals surface area contributed by atoms with E-state index >= 15 is 0 Å². The lowest BCUT2D eigenvalue weighted by molar-refractivity contribution is -0.115. The average Bonchev–Trinajstić information content (AvgIpc) is 3.15. The van der Waals surface area contributed by atoms with Crippen LogP contribution in [0.3, 0.4) is 0 Å². The van der Waals surface area contributed by atoms with Gasteiger partial charge in [-0.05, 0) is 55.5 Å². The zero-order valence-corrected chi connectivity index (χ0v) is 19.0. The van der Waals surface area contributed by atoms with E-state index in [2.05, 4.69) is 20.4 Å². The molecule has 1 aliphatic heterocycles. The maximum absolute atomic E-state index is 12.7. The fraction of sp³-hybridized carbons (Fsp3) is 0.318. The Morgan fingerprint density at radius 3 is 2.45 bits per heavy atom. The van der Waals surface area contributed by atoms with E-state index in [4.69, 9.17) is 16.3 Å². The van der Waals surface area contributed by atoms with E-state index < -0.39 is 0 Å². The molecule has 1 unspecified atom stereocenters. The third-order valence-electron chi connectivity index (χ3n) is 5.10. The molecule has 1 saturated heterocycles. The van der Waals surface area contributed by atoms with Gasteiger partial charge in [-0.3, -0.25) is 4.79 Å². The van der Waals surface area contributed by atoms with Crippen molar-refractivity contribution in [3.63, 3.8) is 0 Å². The van der Waals surface area contributed by atoms with Gasteiger partial charge in [0, 0.05) is 42.1 Å². The van der Waals surface area contributed by atoms with E-state index in [0.29, 0.717) is 10.2 Å². The Morgan fingerprint density at radius 1 is 1.10 bits per heavy atom. The van der Waals surface area contributed by atoms with Crippen molar-refractivity contribution in [2.75, 3.05) is 36.5 Å². The van der Waals surface area contributed by atoms with Crippen molar-refractivity contribution in [3.8, 4) is 11.4 Å². The van der Waals surface area contributed by atoms with Crippen LogP contribution < -0.4 is 10.2 Å². The molecule has 1 atom stereocenters. The number of nitrogens with one attached hydrogen (secondary N) is 1. The van der Waals surface area contributed by atoms with Crippen LogP contribution in [0.1, 0.15) is 6.92 Å². The Hall–Kier alpha value is -2.55. The van der Waals surface area contributed by atoms with Crippen molar-refractivity contribution in [2.24, 2.45) is 7.05 Å². The first-order valence-electron chi connectivity index (χ1n) is 10.1. The van der Waals surface area contributed by atoms with Crippen LogP contribution >= 0.6 is 23.4 Å². The van der Waals surface area contributed by atoms with Crippen LogP contribution in [0.5, 0.6) is 0 Å². The normalized spacial score (nSPS) is 15.0. The first kappa shape index (κ1) is 21.7. The monoisotopic (exact) mass is 457 g/mol. The second-order valence-corrected chi connectivity index (χ2v) is 9.01. The molecule has 0 radical (unpaired) electrons. The number of carbonyl (C=O) groups is 1. The van der Waals surface area contributed by atoms with Gasteiger partial charge in [0.25, 0.3) is 0 Å². The standard InChI is InChI=1S/C22H24ClN5O2S/c1-15(31-22-26-25-20(27(22)2)16-3-5-17(23)6-4-16)21(29)24-18-7-9-19(10-8-18)28-11-13-30-14-12-28/h3-10,15H,11-14H2,1-2H3,(H,24,29). The minimum Gasteiger partial charge on any atom is -0.378 e. The highest BCUT2D eigenvalue weighted by Crippen LogP contribution is 2.27. The third kappa shape index (κ3) is 5.20. The van der Waals surface area contributed by atoms with Crippen LogP contribution in [0.15, 0.2) is 53.7 Å². The number of aromatic nitrogens is 3. The topological polar surface area (TPSA) is 72.3 Å². The van der Waals surface area contributed by atoms with Gasteiger partial charge in [0.05, 0.1) is 18.5 Å². The molecule has 9 heteroatoms. The number of hydrogen-bond acceptors (Lipinski definition) is 6. The van der Waals surface area contributed by atoms with Crippen molar-refractivity contribution in [1.82, 2.24) is 14.8 Å². The lowest BCUT2D eigenvalue weighted by Gasteiger charge is -2.28. The van der Waals surface area contributed by atoms with Crippen LogP contribution in [0.4, 0.5) is 11.4 Å². The number of anilines is 2. The largest absolute Gasteiger partial charge is 0.378 e. The zero-order valence-electron chi connectivity index (χ0n) is 17.4. The predicted octanol–water partition coefficient (Wildman–Crippen LogP) is 4.09. The molecule has 1 aromatic heterocycles. The summed E-state index contributed by atoms with van der Waals surface area (Å²) in [5, 5.41) is 12.5. The number of carbonyl (C=O) groups excluding carboxylic acids is 1. The summed E-state index contributed by atoms with van der Waals surface area (Å²) in [7, 11) is 1.89. The molecule has 162 valence electrons. The average molecular weight is 458 g/mol. The summed E-state index contributed by atoms with van der Waals surface area (Å²) in [5.41, 5.74) is 2.83. The summed E-state index contributed by atoms with van der Waals surface area (Å²) in [6, 6.07) is 15.4. The molecule has 1 aliphatic rings. The lowest BCUT2D eigenvalue weighted by Crippen LogP contribution is -2.36. The van der Waals surface area contributed by atoms with E-state index in [1.165, 1.54) is 11.8 Å². The predicted molar refractivity (Wildman–Crippen MR) is 125 cm³/mol. The van der Waals surface area contributed by atoms with Crippen molar-refractivity contribution >= 4 is 40.6 Å². The molecule has 2 heterocycles. The van der Waals surface area contributed by atoms with E-state index in [1.54, 1.807) is 0 Å². The number of hydrogen-bond donors (Lipinski definition) is 1. The van der Waals surface area contributed by atoms with E-state index in [1.807, 2.05) is 67.1 Å². The molecule has 0 spiro atoms. The Balaban J connectivity index is 1.37. The fourth-order valence-electron chi connectivity index (χ4n) is 3.30. The highest BCUT2D eigenvalue weighted by molar-refractivity contribution is 8.00. The summed E-state index contributed by atoms with van der Waals surface area (Å²) in [4.78, 5) is 15.0.